The molecule has 1 saturated carbocycles. The lowest BCUT2D eigenvalue weighted by atomic mass is 9.85. The van der Waals surface area contributed by atoms with E-state index in [2.05, 4.69) is 18.2 Å². The highest BCUT2D eigenvalue weighted by molar-refractivity contribution is 6.06. The first kappa shape index (κ1) is 12.4. The maximum atomic E-state index is 12.5. The van der Waals surface area contributed by atoms with Gasteiger partial charge in [-0.15, -0.1) is 0 Å². The molecule has 106 valence electrons. The minimum Gasteiger partial charge on any atom is -0.282 e. The Labute approximate surface area is 119 Å². The topological polar surface area (TPSA) is 37.4 Å². The molecular weight excluding hydrogens is 250 g/mol. The third-order valence-corrected chi connectivity index (χ3v) is 5.60. The third-order valence-electron chi connectivity index (χ3n) is 5.60. The summed E-state index contributed by atoms with van der Waals surface area (Å²) in [6, 6.07) is 0. The SMILES string of the molecule is O=C1C2C3C=CC(C3)C2C(=O)N1CCC1=CCCCC1. The lowest BCUT2D eigenvalue weighted by molar-refractivity contribution is -0.140. The fourth-order valence-corrected chi connectivity index (χ4v) is 4.57. The van der Waals surface area contributed by atoms with Gasteiger partial charge in [0, 0.05) is 6.54 Å². The second-order valence-electron chi connectivity index (χ2n) is 6.69. The van der Waals surface area contributed by atoms with Crippen LogP contribution in [0.2, 0.25) is 0 Å². The Bertz CT molecular complexity index is 489. The Kier molecular flexibility index (Phi) is 2.83. The number of amides is 2. The highest BCUT2D eigenvalue weighted by atomic mass is 16.2. The molecule has 4 rings (SSSR count). The zero-order valence-corrected chi connectivity index (χ0v) is 11.8. The van der Waals surface area contributed by atoms with Crippen molar-refractivity contribution >= 4 is 11.8 Å². The van der Waals surface area contributed by atoms with Crippen molar-refractivity contribution in [2.75, 3.05) is 6.54 Å². The molecule has 3 aliphatic carbocycles. The van der Waals surface area contributed by atoms with Gasteiger partial charge in [-0.05, 0) is 50.4 Å². The van der Waals surface area contributed by atoms with Crippen LogP contribution in [0.15, 0.2) is 23.8 Å². The van der Waals surface area contributed by atoms with Crippen LogP contribution in [0.3, 0.4) is 0 Å². The molecule has 1 saturated heterocycles. The summed E-state index contributed by atoms with van der Waals surface area (Å²) >= 11 is 0. The third kappa shape index (κ3) is 1.72. The van der Waals surface area contributed by atoms with E-state index in [4.69, 9.17) is 0 Å². The van der Waals surface area contributed by atoms with Crippen LogP contribution >= 0.6 is 0 Å². The average molecular weight is 271 g/mol. The van der Waals surface area contributed by atoms with Gasteiger partial charge in [0.1, 0.15) is 0 Å². The molecule has 0 aromatic carbocycles. The summed E-state index contributed by atoms with van der Waals surface area (Å²) in [4.78, 5) is 26.6. The summed E-state index contributed by atoms with van der Waals surface area (Å²) in [7, 11) is 0. The summed E-state index contributed by atoms with van der Waals surface area (Å²) < 4.78 is 0. The van der Waals surface area contributed by atoms with Gasteiger partial charge in [0.25, 0.3) is 0 Å². The molecule has 2 amide bonds. The number of nitrogens with zero attached hydrogens (tertiary/aromatic N) is 1. The van der Waals surface area contributed by atoms with Gasteiger partial charge >= 0.3 is 0 Å². The average Bonchev–Trinajstić information content (AvgIpc) is 3.13. The Morgan fingerprint density at radius 3 is 2.35 bits per heavy atom. The van der Waals surface area contributed by atoms with E-state index < -0.39 is 0 Å². The first-order valence-corrected chi connectivity index (χ1v) is 7.97. The summed E-state index contributed by atoms with van der Waals surface area (Å²) in [6.45, 7) is 0.607. The Balaban J connectivity index is 1.46. The number of allylic oxidation sites excluding steroid dienone is 3. The highest BCUT2D eigenvalue weighted by Gasteiger charge is 2.58. The maximum Gasteiger partial charge on any atom is 0.233 e. The standard InChI is InChI=1S/C17H21NO2/c19-16-14-12-6-7-13(10-12)15(14)17(20)18(16)9-8-11-4-2-1-3-5-11/h4,6-7,12-15H,1-3,5,8-10H2. The fraction of sp³-hybridized carbons (Fsp3) is 0.647. The van der Waals surface area contributed by atoms with Crippen LogP contribution < -0.4 is 0 Å². The van der Waals surface area contributed by atoms with Crippen molar-refractivity contribution in [1.82, 2.24) is 4.90 Å². The first-order chi connectivity index (χ1) is 9.75. The highest BCUT2D eigenvalue weighted by Crippen LogP contribution is 2.52. The Hall–Kier alpha value is -1.38. The summed E-state index contributed by atoms with van der Waals surface area (Å²) in [6.07, 6.45) is 13.4. The summed E-state index contributed by atoms with van der Waals surface area (Å²) in [5.41, 5.74) is 1.44. The van der Waals surface area contributed by atoms with Gasteiger partial charge in [-0.2, -0.15) is 0 Å². The van der Waals surface area contributed by atoms with Crippen molar-refractivity contribution < 1.29 is 9.59 Å². The van der Waals surface area contributed by atoms with Crippen molar-refractivity contribution in [2.24, 2.45) is 23.7 Å². The van der Waals surface area contributed by atoms with Gasteiger partial charge in [-0.3, -0.25) is 14.5 Å². The number of carbonyl (C=O) groups excluding carboxylic acids is 2. The zero-order valence-electron chi connectivity index (χ0n) is 11.8. The molecule has 2 fully saturated rings. The van der Waals surface area contributed by atoms with E-state index >= 15 is 0 Å². The number of imide groups is 1. The molecule has 0 aromatic rings. The van der Waals surface area contributed by atoms with Crippen LogP contribution in [0.5, 0.6) is 0 Å². The first-order valence-electron chi connectivity index (χ1n) is 7.97. The quantitative estimate of drug-likeness (QED) is 0.584. The fourth-order valence-electron chi connectivity index (χ4n) is 4.57. The molecule has 2 bridgehead atoms. The van der Waals surface area contributed by atoms with E-state index in [0.717, 1.165) is 25.7 Å². The smallest absolute Gasteiger partial charge is 0.233 e. The molecule has 3 nitrogen and oxygen atoms in total. The molecule has 0 N–H and O–H groups in total. The van der Waals surface area contributed by atoms with E-state index in [9.17, 15) is 9.59 Å². The van der Waals surface area contributed by atoms with Crippen LogP contribution in [0, 0.1) is 23.7 Å². The van der Waals surface area contributed by atoms with Gasteiger partial charge in [-0.25, -0.2) is 0 Å². The van der Waals surface area contributed by atoms with Gasteiger partial charge in [0.2, 0.25) is 11.8 Å². The normalized spacial score (nSPS) is 38.6. The summed E-state index contributed by atoms with van der Waals surface area (Å²) in [5, 5.41) is 0. The van der Waals surface area contributed by atoms with Crippen LogP contribution in [-0.4, -0.2) is 23.3 Å². The molecule has 4 aliphatic rings. The number of hydrogen-bond acceptors (Lipinski definition) is 2. The van der Waals surface area contributed by atoms with Crippen LogP contribution in [-0.2, 0) is 9.59 Å². The molecule has 1 aliphatic heterocycles. The molecule has 4 atom stereocenters. The number of fused-ring (bicyclic) bond motifs is 5. The minimum atomic E-state index is -0.0298. The monoisotopic (exact) mass is 271 g/mol. The second kappa shape index (κ2) is 4.57. The van der Waals surface area contributed by atoms with Crippen molar-refractivity contribution in [3.63, 3.8) is 0 Å². The van der Waals surface area contributed by atoms with Crippen LogP contribution in [0.4, 0.5) is 0 Å². The van der Waals surface area contributed by atoms with E-state index in [1.54, 1.807) is 4.90 Å². The largest absolute Gasteiger partial charge is 0.282 e. The van der Waals surface area contributed by atoms with Gasteiger partial charge in [-0.1, -0.05) is 23.8 Å². The van der Waals surface area contributed by atoms with Crippen LogP contribution in [0.25, 0.3) is 0 Å². The van der Waals surface area contributed by atoms with E-state index in [-0.39, 0.29) is 23.7 Å². The van der Waals surface area contributed by atoms with Crippen molar-refractivity contribution in [3.8, 4) is 0 Å². The van der Waals surface area contributed by atoms with Crippen molar-refractivity contribution in [2.45, 2.75) is 38.5 Å². The molecule has 0 spiro atoms. The Morgan fingerprint density at radius 1 is 1.05 bits per heavy atom. The predicted octanol–water partition coefficient (Wildman–Crippen LogP) is 2.68. The molecule has 20 heavy (non-hydrogen) atoms. The summed E-state index contributed by atoms with van der Waals surface area (Å²) in [5.74, 6) is 0.817. The maximum absolute atomic E-state index is 12.5. The molecular formula is C17H21NO2. The number of hydrogen-bond donors (Lipinski definition) is 0. The van der Waals surface area contributed by atoms with Crippen molar-refractivity contribution in [1.29, 1.82) is 0 Å². The number of likely N-dealkylation sites (tertiary alicyclic amines) is 1. The van der Waals surface area contributed by atoms with E-state index in [1.807, 2.05) is 0 Å². The molecule has 1 heterocycles. The van der Waals surface area contributed by atoms with Gasteiger partial charge < -0.3 is 0 Å². The van der Waals surface area contributed by atoms with Gasteiger partial charge in [0.05, 0.1) is 11.8 Å². The minimum absolute atomic E-state index is 0.0298. The van der Waals surface area contributed by atoms with E-state index in [1.165, 1.54) is 18.4 Å². The lowest BCUT2D eigenvalue weighted by Gasteiger charge is -2.19. The molecule has 0 radical (unpaired) electrons. The lowest BCUT2D eigenvalue weighted by Crippen LogP contribution is -2.34. The van der Waals surface area contributed by atoms with Crippen LogP contribution in [0.1, 0.15) is 38.5 Å². The zero-order chi connectivity index (χ0) is 13.7. The number of carbonyl (C=O) groups is 2. The number of rotatable bonds is 3. The van der Waals surface area contributed by atoms with E-state index in [0.29, 0.717) is 18.4 Å². The Morgan fingerprint density at radius 2 is 1.75 bits per heavy atom. The molecule has 3 heteroatoms. The molecule has 4 unspecified atom stereocenters. The predicted molar refractivity (Wildman–Crippen MR) is 75.6 cm³/mol. The van der Waals surface area contributed by atoms with Crippen molar-refractivity contribution in [3.05, 3.63) is 23.8 Å². The van der Waals surface area contributed by atoms with Gasteiger partial charge in [0.15, 0.2) is 0 Å². The molecule has 0 aromatic heterocycles. The second-order valence-corrected chi connectivity index (χ2v) is 6.69.